The number of rotatable bonds is 1. The maximum absolute atomic E-state index is 12.6. The predicted molar refractivity (Wildman–Crippen MR) is 77.6 cm³/mol. The highest BCUT2D eigenvalue weighted by molar-refractivity contribution is 5.35. The molecule has 0 aromatic carbocycles. The lowest BCUT2D eigenvalue weighted by atomic mass is 9.93. The van der Waals surface area contributed by atoms with Crippen molar-refractivity contribution in [1.82, 2.24) is 9.47 Å². The normalized spacial score (nSPS) is 20.4. The number of aromatic nitrogens is 1. The number of nitriles is 1. The van der Waals surface area contributed by atoms with Crippen LogP contribution in [0.15, 0.2) is 10.9 Å². The zero-order chi connectivity index (χ0) is 14.1. The highest BCUT2D eigenvalue weighted by atomic mass is 16.1. The van der Waals surface area contributed by atoms with Gasteiger partial charge >= 0.3 is 0 Å². The third-order valence-electron chi connectivity index (χ3n) is 4.66. The van der Waals surface area contributed by atoms with E-state index in [1.165, 1.54) is 30.5 Å². The molecule has 0 unspecified atom stereocenters. The first-order chi connectivity index (χ1) is 9.70. The van der Waals surface area contributed by atoms with Gasteiger partial charge in [-0.05, 0) is 31.5 Å². The molecule has 0 N–H and O–H groups in total. The van der Waals surface area contributed by atoms with Gasteiger partial charge < -0.3 is 9.47 Å². The Kier molecular flexibility index (Phi) is 3.62. The molecule has 1 aliphatic carbocycles. The van der Waals surface area contributed by atoms with Crippen LogP contribution < -0.4 is 5.56 Å². The van der Waals surface area contributed by atoms with Crippen molar-refractivity contribution in [3.8, 4) is 6.07 Å². The molecule has 4 nitrogen and oxygen atoms in total. The van der Waals surface area contributed by atoms with Gasteiger partial charge in [0.2, 0.25) is 0 Å². The minimum Gasteiger partial charge on any atom is -0.308 e. The Morgan fingerprint density at radius 1 is 1.30 bits per heavy atom. The summed E-state index contributed by atoms with van der Waals surface area (Å²) < 4.78 is 1.97. The van der Waals surface area contributed by atoms with Crippen molar-refractivity contribution in [2.75, 3.05) is 13.6 Å². The molecule has 0 spiro atoms. The SMILES string of the molecule is CN1CCc2c(cc(C#N)c(=O)n2C2CCCCC2)C1. The number of nitrogens with zero attached hydrogens (tertiary/aromatic N) is 3. The van der Waals surface area contributed by atoms with Crippen LogP contribution in [0.4, 0.5) is 0 Å². The summed E-state index contributed by atoms with van der Waals surface area (Å²) in [6, 6.07) is 4.21. The van der Waals surface area contributed by atoms with E-state index < -0.39 is 0 Å². The number of likely N-dealkylation sites (N-methyl/N-ethyl adjacent to an activating group) is 1. The van der Waals surface area contributed by atoms with Gasteiger partial charge in [0.1, 0.15) is 11.6 Å². The molecule has 1 saturated carbocycles. The Morgan fingerprint density at radius 3 is 2.75 bits per heavy atom. The van der Waals surface area contributed by atoms with E-state index in [0.717, 1.165) is 32.4 Å². The summed E-state index contributed by atoms with van der Waals surface area (Å²) in [5.41, 5.74) is 2.59. The van der Waals surface area contributed by atoms with Gasteiger partial charge in [-0.3, -0.25) is 4.79 Å². The highest BCUT2D eigenvalue weighted by Gasteiger charge is 2.25. The maximum atomic E-state index is 12.6. The largest absolute Gasteiger partial charge is 0.308 e. The van der Waals surface area contributed by atoms with Crippen LogP contribution in [0.2, 0.25) is 0 Å². The lowest BCUT2D eigenvalue weighted by Crippen LogP contribution is -2.37. The minimum atomic E-state index is -0.0669. The van der Waals surface area contributed by atoms with Crippen LogP contribution in [0.25, 0.3) is 0 Å². The van der Waals surface area contributed by atoms with Crippen LogP contribution >= 0.6 is 0 Å². The number of fused-ring (bicyclic) bond motifs is 1. The van der Waals surface area contributed by atoms with Gasteiger partial charge in [-0.2, -0.15) is 5.26 Å². The molecule has 0 bridgehead atoms. The minimum absolute atomic E-state index is 0.0669. The first kappa shape index (κ1) is 13.4. The van der Waals surface area contributed by atoms with Gasteiger partial charge in [-0.25, -0.2) is 0 Å². The van der Waals surface area contributed by atoms with E-state index in [4.69, 9.17) is 0 Å². The Balaban J connectivity index is 2.13. The van der Waals surface area contributed by atoms with Crippen molar-refractivity contribution in [3.05, 3.63) is 33.2 Å². The lowest BCUT2D eigenvalue weighted by molar-refractivity contribution is 0.286. The first-order valence-electron chi connectivity index (χ1n) is 7.56. The predicted octanol–water partition coefficient (Wildman–Crippen LogP) is 2.21. The smallest absolute Gasteiger partial charge is 0.268 e. The summed E-state index contributed by atoms with van der Waals surface area (Å²) >= 11 is 0. The zero-order valence-corrected chi connectivity index (χ0v) is 12.1. The molecule has 3 rings (SSSR count). The zero-order valence-electron chi connectivity index (χ0n) is 12.1. The van der Waals surface area contributed by atoms with Crippen LogP contribution in [0.5, 0.6) is 0 Å². The number of pyridine rings is 1. The maximum Gasteiger partial charge on any atom is 0.268 e. The van der Waals surface area contributed by atoms with Crippen molar-refractivity contribution in [1.29, 1.82) is 5.26 Å². The summed E-state index contributed by atoms with van der Waals surface area (Å²) in [7, 11) is 2.09. The monoisotopic (exact) mass is 271 g/mol. The Hall–Kier alpha value is -1.60. The summed E-state index contributed by atoms with van der Waals surface area (Å²) in [6.07, 6.45) is 6.75. The summed E-state index contributed by atoms with van der Waals surface area (Å²) in [4.78, 5) is 14.8. The first-order valence-corrected chi connectivity index (χ1v) is 7.56. The van der Waals surface area contributed by atoms with Gasteiger partial charge in [0, 0.05) is 31.2 Å². The molecule has 0 amide bonds. The second-order valence-corrected chi connectivity index (χ2v) is 6.10. The lowest BCUT2D eigenvalue weighted by Gasteiger charge is -2.32. The van der Waals surface area contributed by atoms with Crippen molar-refractivity contribution >= 4 is 0 Å². The fraction of sp³-hybridized carbons (Fsp3) is 0.625. The van der Waals surface area contributed by atoms with Gasteiger partial charge in [0.05, 0.1) is 0 Å². The van der Waals surface area contributed by atoms with Crippen LogP contribution in [-0.2, 0) is 13.0 Å². The average molecular weight is 271 g/mol. The van der Waals surface area contributed by atoms with E-state index in [0.29, 0.717) is 11.6 Å². The molecule has 1 aliphatic heterocycles. The van der Waals surface area contributed by atoms with Gasteiger partial charge in [0.15, 0.2) is 0 Å². The Bertz CT molecular complexity index is 605. The molecular formula is C16H21N3O. The Morgan fingerprint density at radius 2 is 2.05 bits per heavy atom. The van der Waals surface area contributed by atoms with Gasteiger partial charge in [0.25, 0.3) is 5.56 Å². The number of hydrogen-bond acceptors (Lipinski definition) is 3. The van der Waals surface area contributed by atoms with E-state index in [1.807, 2.05) is 10.6 Å². The van der Waals surface area contributed by atoms with E-state index in [-0.39, 0.29) is 5.56 Å². The Labute approximate surface area is 119 Å². The van der Waals surface area contributed by atoms with E-state index in [9.17, 15) is 10.1 Å². The van der Waals surface area contributed by atoms with Crippen molar-refractivity contribution in [3.63, 3.8) is 0 Å². The molecule has 2 heterocycles. The summed E-state index contributed by atoms with van der Waals surface area (Å²) in [5.74, 6) is 0. The van der Waals surface area contributed by atoms with Crippen LogP contribution in [0.3, 0.4) is 0 Å². The third-order valence-corrected chi connectivity index (χ3v) is 4.66. The van der Waals surface area contributed by atoms with Crippen LogP contribution in [0, 0.1) is 11.3 Å². The quantitative estimate of drug-likeness (QED) is 0.787. The van der Waals surface area contributed by atoms with Crippen LogP contribution in [0.1, 0.15) is 55.0 Å². The van der Waals surface area contributed by atoms with Crippen molar-refractivity contribution in [2.45, 2.75) is 51.1 Å². The molecule has 1 fully saturated rings. The molecule has 20 heavy (non-hydrogen) atoms. The highest BCUT2D eigenvalue weighted by Crippen LogP contribution is 2.30. The summed E-state index contributed by atoms with van der Waals surface area (Å²) in [6.45, 7) is 1.84. The van der Waals surface area contributed by atoms with Crippen molar-refractivity contribution < 1.29 is 0 Å². The molecule has 1 aromatic heterocycles. The molecular weight excluding hydrogens is 250 g/mol. The fourth-order valence-corrected chi connectivity index (χ4v) is 3.62. The molecule has 106 valence electrons. The average Bonchev–Trinajstić information content (AvgIpc) is 2.47. The molecule has 0 atom stereocenters. The topological polar surface area (TPSA) is 49.0 Å². The van der Waals surface area contributed by atoms with Crippen molar-refractivity contribution in [2.24, 2.45) is 0 Å². The standard InChI is InChI=1S/C16H21N3O/c1-18-8-7-15-13(11-18)9-12(10-17)16(20)19(15)14-5-3-2-4-6-14/h9,14H,2-8,11H2,1H3. The number of hydrogen-bond donors (Lipinski definition) is 0. The molecule has 0 saturated heterocycles. The van der Waals surface area contributed by atoms with E-state index in [2.05, 4.69) is 18.0 Å². The molecule has 2 aliphatic rings. The molecule has 1 aromatic rings. The second kappa shape index (κ2) is 5.41. The summed E-state index contributed by atoms with van der Waals surface area (Å²) in [5, 5.41) is 9.23. The van der Waals surface area contributed by atoms with Crippen LogP contribution in [-0.4, -0.2) is 23.1 Å². The third kappa shape index (κ3) is 2.27. The van der Waals surface area contributed by atoms with E-state index in [1.54, 1.807) is 0 Å². The van der Waals surface area contributed by atoms with E-state index >= 15 is 0 Å². The van der Waals surface area contributed by atoms with Gasteiger partial charge in [-0.15, -0.1) is 0 Å². The van der Waals surface area contributed by atoms with Gasteiger partial charge in [-0.1, -0.05) is 19.3 Å². The second-order valence-electron chi connectivity index (χ2n) is 6.10. The molecule has 0 radical (unpaired) electrons. The fourth-order valence-electron chi connectivity index (χ4n) is 3.62. The molecule has 4 heteroatoms.